The molecule has 2 aliphatic heterocycles. The van der Waals surface area contributed by atoms with Gasteiger partial charge in [0.05, 0.1) is 19.8 Å². The smallest absolute Gasteiger partial charge is 0.330 e. The van der Waals surface area contributed by atoms with Gasteiger partial charge in [0.2, 0.25) is 6.29 Å². The number of aliphatic hydroxyl groups is 4. The predicted octanol–water partition coefficient (Wildman–Crippen LogP) is 3.31. The maximum absolute atomic E-state index is 12.3. The molecule has 5 rings (SSSR count). The number of benzene rings is 3. The molecular weight excluding hydrogens is 620 g/mol. The topological polar surface area (TPSA) is 164 Å². The highest BCUT2D eigenvalue weighted by Gasteiger charge is 2.45. The van der Waals surface area contributed by atoms with Gasteiger partial charge in [0, 0.05) is 18.6 Å². The number of aliphatic hydroxyl groups excluding tert-OH is 4. The molecule has 2 fully saturated rings. The lowest BCUT2D eigenvalue weighted by atomic mass is 9.84. The zero-order valence-corrected chi connectivity index (χ0v) is 27.5. The fourth-order valence-corrected chi connectivity index (χ4v) is 6.24. The second-order valence-corrected chi connectivity index (χ2v) is 12.5. The minimum Gasteiger partial charge on any atom is -0.508 e. The average Bonchev–Trinajstić information content (AvgIpc) is 3.48. The van der Waals surface area contributed by atoms with E-state index in [1.54, 1.807) is 32.2 Å². The molecule has 0 amide bonds. The number of phenols is 1. The Morgan fingerprint density at radius 2 is 1.71 bits per heavy atom. The van der Waals surface area contributed by atoms with Gasteiger partial charge in [0.15, 0.2) is 0 Å². The number of esters is 1. The van der Waals surface area contributed by atoms with Crippen molar-refractivity contribution in [1.29, 1.82) is 0 Å². The van der Waals surface area contributed by atoms with Gasteiger partial charge in [-0.3, -0.25) is 0 Å². The first-order chi connectivity index (χ1) is 23.0. The Morgan fingerprint density at radius 3 is 2.42 bits per heavy atom. The molecule has 5 unspecified atom stereocenters. The summed E-state index contributed by atoms with van der Waals surface area (Å²) in [6, 6.07) is 16.4. The van der Waals surface area contributed by atoms with Gasteiger partial charge in [-0.1, -0.05) is 30.3 Å². The van der Waals surface area contributed by atoms with Crippen LogP contribution < -0.4 is 9.47 Å². The monoisotopic (exact) mass is 664 g/mol. The molecule has 3 aromatic carbocycles. The lowest BCUT2D eigenvalue weighted by Gasteiger charge is -2.40. The van der Waals surface area contributed by atoms with Crippen LogP contribution in [0.5, 0.6) is 17.2 Å². The Labute approximate surface area is 279 Å². The number of rotatable bonds is 11. The molecule has 0 aliphatic carbocycles. The first-order valence-electron chi connectivity index (χ1n) is 16.0. The molecule has 0 bridgehead atoms. The number of aromatic hydroxyl groups is 1. The summed E-state index contributed by atoms with van der Waals surface area (Å²) < 4.78 is 28.6. The largest absolute Gasteiger partial charge is 0.508 e. The molecule has 11 heteroatoms. The lowest BCUT2D eigenvalue weighted by Crippen LogP contribution is -2.60. The molecule has 48 heavy (non-hydrogen) atoms. The molecule has 5 N–H and O–H groups in total. The van der Waals surface area contributed by atoms with E-state index in [2.05, 4.69) is 0 Å². The molecular formula is C37H44O11. The standard InChI is InChI=1S/C37H44O11/c1-20-5-9-25(16-30(20)44-4)36-27(17-38)26(18-46-36)15-24-7-11-29(22(3)14-24)47-37-35(43)34(42)33(41)31(48-37)19-45-32(40)12-8-23-6-10-28(39)21(2)13-23/h5-14,16,26-27,31,33-39,41-43H,15,17-19H2,1-4H3/b12-8+/t26-,27-,31?,33?,34?,35?,36+,37?/m0/s1. The van der Waals surface area contributed by atoms with Crippen molar-refractivity contribution in [2.24, 2.45) is 11.8 Å². The first kappa shape index (κ1) is 35.3. The third-order valence-electron chi connectivity index (χ3n) is 9.13. The van der Waals surface area contributed by atoms with E-state index in [1.165, 1.54) is 18.2 Å². The van der Waals surface area contributed by atoms with Crippen LogP contribution in [0.1, 0.15) is 39.5 Å². The first-order valence-corrected chi connectivity index (χ1v) is 16.0. The molecule has 0 saturated carbocycles. The number of aryl methyl sites for hydroxylation is 3. The second-order valence-electron chi connectivity index (χ2n) is 12.5. The Hall–Kier alpha value is -3.97. The van der Waals surface area contributed by atoms with Crippen LogP contribution in [0.25, 0.3) is 6.08 Å². The predicted molar refractivity (Wildman–Crippen MR) is 176 cm³/mol. The van der Waals surface area contributed by atoms with Crippen molar-refractivity contribution in [3.05, 3.63) is 94.1 Å². The van der Waals surface area contributed by atoms with Gasteiger partial charge in [0.1, 0.15) is 48.3 Å². The molecule has 258 valence electrons. The van der Waals surface area contributed by atoms with Crippen molar-refractivity contribution in [3.63, 3.8) is 0 Å². The van der Waals surface area contributed by atoms with Crippen LogP contribution in [0.3, 0.4) is 0 Å². The van der Waals surface area contributed by atoms with E-state index >= 15 is 0 Å². The summed E-state index contributed by atoms with van der Waals surface area (Å²) in [4.78, 5) is 12.3. The number of ether oxygens (including phenoxy) is 5. The van der Waals surface area contributed by atoms with E-state index < -0.39 is 43.3 Å². The van der Waals surface area contributed by atoms with E-state index in [0.717, 1.165) is 28.0 Å². The second kappa shape index (κ2) is 15.5. The Morgan fingerprint density at radius 1 is 0.917 bits per heavy atom. The molecule has 0 aromatic heterocycles. The van der Waals surface area contributed by atoms with Crippen LogP contribution >= 0.6 is 0 Å². The van der Waals surface area contributed by atoms with Crippen LogP contribution in [0.15, 0.2) is 60.7 Å². The minimum atomic E-state index is -1.61. The lowest BCUT2D eigenvalue weighted by molar-refractivity contribution is -0.278. The molecule has 3 aromatic rings. The fraction of sp³-hybridized carbons (Fsp3) is 0.432. The van der Waals surface area contributed by atoms with Gasteiger partial charge >= 0.3 is 5.97 Å². The average molecular weight is 665 g/mol. The molecule has 0 spiro atoms. The molecule has 2 aliphatic rings. The SMILES string of the molecule is COc1cc([C@H]2OC[C@H](Cc3ccc(OC4OC(COC(=O)/C=C/c5ccc(O)c(C)c5)C(O)C(O)C4O)c(C)c3)[C@@H]2CO)ccc1C. The van der Waals surface area contributed by atoms with Gasteiger partial charge < -0.3 is 49.2 Å². The van der Waals surface area contributed by atoms with E-state index in [0.29, 0.717) is 29.9 Å². The minimum absolute atomic E-state index is 0.0261. The van der Waals surface area contributed by atoms with Crippen molar-refractivity contribution >= 4 is 12.0 Å². The van der Waals surface area contributed by atoms with Gasteiger partial charge in [-0.25, -0.2) is 4.79 Å². The zero-order valence-electron chi connectivity index (χ0n) is 27.5. The third-order valence-corrected chi connectivity index (χ3v) is 9.13. The van der Waals surface area contributed by atoms with E-state index in [4.69, 9.17) is 23.7 Å². The van der Waals surface area contributed by atoms with Crippen molar-refractivity contribution in [2.75, 3.05) is 26.9 Å². The maximum Gasteiger partial charge on any atom is 0.330 e. The summed E-state index contributed by atoms with van der Waals surface area (Å²) in [6.45, 7) is 5.62. The van der Waals surface area contributed by atoms with Gasteiger partial charge in [0.25, 0.3) is 0 Å². The number of phenolic OH excluding ortho intramolecular Hbond substituents is 1. The summed E-state index contributed by atoms with van der Waals surface area (Å²) in [5, 5.41) is 51.6. The summed E-state index contributed by atoms with van der Waals surface area (Å²) >= 11 is 0. The Balaban J connectivity index is 1.19. The quantitative estimate of drug-likeness (QED) is 0.151. The normalized spacial score (nSPS) is 27.2. The molecule has 2 heterocycles. The van der Waals surface area contributed by atoms with E-state index in [9.17, 15) is 30.3 Å². The molecule has 0 radical (unpaired) electrons. The highest BCUT2D eigenvalue weighted by molar-refractivity contribution is 5.87. The van der Waals surface area contributed by atoms with Gasteiger partial charge in [-0.2, -0.15) is 0 Å². The molecule has 11 nitrogen and oxygen atoms in total. The van der Waals surface area contributed by atoms with Crippen LogP contribution in [-0.4, -0.2) is 89.1 Å². The third kappa shape index (κ3) is 8.00. The van der Waals surface area contributed by atoms with Gasteiger partial charge in [-0.05, 0) is 96.8 Å². The summed E-state index contributed by atoms with van der Waals surface area (Å²) in [5.74, 6) is 0.583. The fourth-order valence-electron chi connectivity index (χ4n) is 6.24. The van der Waals surface area contributed by atoms with Crippen molar-refractivity contribution in [1.82, 2.24) is 0 Å². The Kier molecular flexibility index (Phi) is 11.4. The van der Waals surface area contributed by atoms with Crippen LogP contribution in [0.4, 0.5) is 0 Å². The van der Waals surface area contributed by atoms with Crippen molar-refractivity contribution in [3.8, 4) is 17.2 Å². The summed E-state index contributed by atoms with van der Waals surface area (Å²) in [5.41, 5.74) is 5.08. The maximum atomic E-state index is 12.3. The van der Waals surface area contributed by atoms with E-state index in [1.807, 2.05) is 44.2 Å². The molecule has 8 atom stereocenters. The van der Waals surface area contributed by atoms with Gasteiger partial charge in [-0.15, -0.1) is 0 Å². The van der Waals surface area contributed by atoms with Crippen LogP contribution in [0.2, 0.25) is 0 Å². The van der Waals surface area contributed by atoms with Crippen molar-refractivity contribution in [2.45, 2.75) is 64.0 Å². The number of carbonyl (C=O) groups is 1. The summed E-state index contributed by atoms with van der Waals surface area (Å²) in [6.07, 6.45) is -4.09. The van der Waals surface area contributed by atoms with Crippen molar-refractivity contribution < 1.29 is 54.0 Å². The van der Waals surface area contributed by atoms with Crippen LogP contribution in [-0.2, 0) is 25.4 Å². The number of hydrogen-bond acceptors (Lipinski definition) is 11. The highest BCUT2D eigenvalue weighted by atomic mass is 16.7. The van der Waals surface area contributed by atoms with E-state index in [-0.39, 0.29) is 30.3 Å². The summed E-state index contributed by atoms with van der Waals surface area (Å²) in [7, 11) is 1.63. The zero-order chi connectivity index (χ0) is 34.5. The molecule has 2 saturated heterocycles. The highest BCUT2D eigenvalue weighted by Crippen LogP contribution is 2.41. The number of carbonyl (C=O) groups excluding carboxylic acids is 1. The Bertz CT molecular complexity index is 1600. The number of methoxy groups -OCH3 is 1. The number of hydrogen-bond donors (Lipinski definition) is 5. The van der Waals surface area contributed by atoms with Crippen LogP contribution in [0, 0.1) is 32.6 Å².